The van der Waals surface area contributed by atoms with Crippen molar-refractivity contribution in [3.63, 3.8) is 0 Å². The zero-order valence-electron chi connectivity index (χ0n) is 19.8. The molecule has 2 aliphatic rings. The molecule has 0 spiro atoms. The van der Waals surface area contributed by atoms with Crippen LogP contribution in [0.2, 0.25) is 0 Å². The van der Waals surface area contributed by atoms with Crippen LogP contribution in [0.15, 0.2) is 42.6 Å². The first kappa shape index (κ1) is 25.6. The van der Waals surface area contributed by atoms with Crippen molar-refractivity contribution in [3.05, 3.63) is 64.8 Å². The molecule has 1 aromatic heterocycles. The van der Waals surface area contributed by atoms with E-state index in [4.69, 9.17) is 0 Å². The number of halogens is 6. The van der Waals surface area contributed by atoms with Gasteiger partial charge in [0.15, 0.2) is 0 Å². The topological polar surface area (TPSA) is 61.0 Å². The molecule has 1 aliphatic carbocycles. The highest BCUT2D eigenvalue weighted by molar-refractivity contribution is 5.83. The van der Waals surface area contributed by atoms with Crippen LogP contribution in [-0.4, -0.2) is 34.1 Å². The monoisotopic (exact) mass is 524 g/mol. The number of aromatic nitrogens is 2. The number of likely N-dealkylation sites (tertiary alicyclic amines) is 1. The second kappa shape index (κ2) is 9.34. The van der Waals surface area contributed by atoms with Crippen LogP contribution in [0, 0.1) is 11.3 Å². The first-order chi connectivity index (χ1) is 17.4. The zero-order valence-corrected chi connectivity index (χ0v) is 19.8. The molecule has 37 heavy (non-hydrogen) atoms. The molecule has 5 nitrogen and oxygen atoms in total. The molecule has 1 unspecified atom stereocenters. The van der Waals surface area contributed by atoms with Crippen molar-refractivity contribution in [2.45, 2.75) is 51.1 Å². The summed E-state index contributed by atoms with van der Waals surface area (Å²) in [6.45, 7) is 1.37. The Labute approximate surface area is 209 Å². The highest BCUT2D eigenvalue weighted by Crippen LogP contribution is 2.45. The van der Waals surface area contributed by atoms with Gasteiger partial charge in [0.1, 0.15) is 0 Å². The number of hydrogen-bond donors (Lipinski definition) is 2. The van der Waals surface area contributed by atoms with E-state index in [0.29, 0.717) is 50.5 Å². The molecule has 1 aliphatic heterocycles. The smallest absolute Gasteiger partial charge is 0.352 e. The van der Waals surface area contributed by atoms with Crippen molar-refractivity contribution >= 4 is 16.8 Å². The minimum atomic E-state index is -4.93. The van der Waals surface area contributed by atoms with Gasteiger partial charge in [0.25, 0.3) is 0 Å². The Morgan fingerprint density at radius 2 is 1.73 bits per heavy atom. The molecule has 1 amide bonds. The van der Waals surface area contributed by atoms with Crippen LogP contribution >= 0.6 is 0 Å². The SMILES string of the molecule is O=C(NCc1cc(C(F)(F)F)cc(C(F)(F)F)c1)C1(CC2CC2)CCN(Cc2ccc3[nH]ncc3c2)C1. The Balaban J connectivity index is 1.30. The van der Waals surface area contributed by atoms with Gasteiger partial charge in [0, 0.05) is 25.0 Å². The third-order valence-electron chi connectivity index (χ3n) is 7.30. The second-order valence-corrected chi connectivity index (χ2v) is 10.3. The molecule has 2 aromatic carbocycles. The summed E-state index contributed by atoms with van der Waals surface area (Å²) in [5.74, 6) is 0.0940. The molecule has 11 heteroatoms. The number of amides is 1. The van der Waals surface area contributed by atoms with Gasteiger partial charge in [-0.1, -0.05) is 18.9 Å². The standard InChI is InChI=1S/C26H26F6N4O/c27-25(28,29)20-8-18(9-21(10-20)26(30,31)32)12-33-23(37)24(11-16-1-2-16)5-6-36(15-24)14-17-3-4-22-19(7-17)13-34-35-22/h3-4,7-10,13,16H,1-2,5-6,11-12,14-15H2,(H,33,37)(H,34,35). The molecule has 2 N–H and O–H groups in total. The summed E-state index contributed by atoms with van der Waals surface area (Å²) in [4.78, 5) is 15.6. The first-order valence-corrected chi connectivity index (χ1v) is 12.1. The van der Waals surface area contributed by atoms with Crippen molar-refractivity contribution in [1.29, 1.82) is 0 Å². The Bertz CT molecular complexity index is 1260. The zero-order chi connectivity index (χ0) is 26.4. The fourth-order valence-electron chi connectivity index (χ4n) is 5.25. The molecule has 1 saturated heterocycles. The van der Waals surface area contributed by atoms with E-state index in [0.717, 1.165) is 29.3 Å². The molecular weight excluding hydrogens is 498 g/mol. The van der Waals surface area contributed by atoms with E-state index in [9.17, 15) is 31.1 Å². The van der Waals surface area contributed by atoms with E-state index in [1.54, 1.807) is 6.20 Å². The lowest BCUT2D eigenvalue weighted by Crippen LogP contribution is -2.43. The summed E-state index contributed by atoms with van der Waals surface area (Å²) in [6.07, 6.45) is -4.83. The lowest BCUT2D eigenvalue weighted by molar-refractivity contribution is -0.143. The lowest BCUT2D eigenvalue weighted by Gasteiger charge is -2.29. The van der Waals surface area contributed by atoms with Crippen molar-refractivity contribution in [2.75, 3.05) is 13.1 Å². The molecule has 5 rings (SSSR count). The fourth-order valence-corrected chi connectivity index (χ4v) is 5.25. The van der Waals surface area contributed by atoms with Gasteiger partial charge in [-0.05, 0) is 66.8 Å². The molecule has 1 saturated carbocycles. The Kier molecular flexibility index (Phi) is 6.45. The number of nitrogens with one attached hydrogen (secondary N) is 2. The van der Waals surface area contributed by atoms with Gasteiger partial charge in [-0.3, -0.25) is 14.8 Å². The van der Waals surface area contributed by atoms with Gasteiger partial charge < -0.3 is 5.32 Å². The van der Waals surface area contributed by atoms with Crippen LogP contribution in [0.3, 0.4) is 0 Å². The molecule has 1 atom stereocenters. The highest BCUT2D eigenvalue weighted by atomic mass is 19.4. The Morgan fingerprint density at radius 1 is 1.03 bits per heavy atom. The molecule has 0 radical (unpaired) electrons. The predicted molar refractivity (Wildman–Crippen MR) is 124 cm³/mol. The summed E-state index contributed by atoms with van der Waals surface area (Å²) in [6, 6.07) is 7.39. The van der Waals surface area contributed by atoms with E-state index >= 15 is 0 Å². The van der Waals surface area contributed by atoms with Crippen LogP contribution in [-0.2, 0) is 30.2 Å². The maximum absolute atomic E-state index is 13.4. The van der Waals surface area contributed by atoms with Crippen LogP contribution in [0.25, 0.3) is 10.9 Å². The van der Waals surface area contributed by atoms with Crippen molar-refractivity contribution in [1.82, 2.24) is 20.4 Å². The number of carbonyl (C=O) groups is 1. The summed E-state index contributed by atoms with van der Waals surface area (Å²) in [5, 5.41) is 10.6. The third kappa shape index (κ3) is 5.76. The second-order valence-electron chi connectivity index (χ2n) is 10.3. The van der Waals surface area contributed by atoms with E-state index in [2.05, 4.69) is 20.4 Å². The van der Waals surface area contributed by atoms with Gasteiger partial charge in [-0.15, -0.1) is 0 Å². The molecular formula is C26H26F6N4O. The molecule has 2 fully saturated rings. The number of benzene rings is 2. The number of alkyl halides is 6. The quantitative estimate of drug-likeness (QED) is 0.378. The van der Waals surface area contributed by atoms with Gasteiger partial charge >= 0.3 is 12.4 Å². The third-order valence-corrected chi connectivity index (χ3v) is 7.30. The number of rotatable bonds is 7. The van der Waals surface area contributed by atoms with E-state index in [1.807, 2.05) is 18.2 Å². The van der Waals surface area contributed by atoms with Crippen LogP contribution < -0.4 is 5.32 Å². The van der Waals surface area contributed by atoms with E-state index in [-0.39, 0.29) is 17.5 Å². The Morgan fingerprint density at radius 3 is 2.38 bits per heavy atom. The summed E-state index contributed by atoms with van der Waals surface area (Å²) in [7, 11) is 0. The average molecular weight is 525 g/mol. The van der Waals surface area contributed by atoms with E-state index < -0.39 is 35.4 Å². The normalized spacial score (nSPS) is 21.0. The number of aromatic amines is 1. The number of hydrogen-bond acceptors (Lipinski definition) is 3. The maximum Gasteiger partial charge on any atom is 0.416 e. The average Bonchev–Trinajstić information content (AvgIpc) is 3.35. The number of nitrogens with zero attached hydrogens (tertiary/aromatic N) is 2. The number of H-pyrrole nitrogens is 1. The summed E-state index contributed by atoms with van der Waals surface area (Å²) < 4.78 is 79.3. The minimum absolute atomic E-state index is 0.0929. The van der Waals surface area contributed by atoms with Crippen molar-refractivity contribution in [2.24, 2.45) is 11.3 Å². The number of carbonyl (C=O) groups excluding carboxylic acids is 1. The number of fused-ring (bicyclic) bond motifs is 1. The predicted octanol–water partition coefficient (Wildman–Crippen LogP) is 5.91. The minimum Gasteiger partial charge on any atom is -0.352 e. The Hall–Kier alpha value is -3.08. The highest BCUT2D eigenvalue weighted by Gasteiger charge is 2.47. The van der Waals surface area contributed by atoms with Gasteiger partial charge in [0.05, 0.1) is 28.3 Å². The van der Waals surface area contributed by atoms with Gasteiger partial charge in [0.2, 0.25) is 5.91 Å². The van der Waals surface area contributed by atoms with E-state index in [1.165, 1.54) is 0 Å². The molecule has 3 aromatic rings. The fraction of sp³-hybridized carbons (Fsp3) is 0.462. The van der Waals surface area contributed by atoms with Crippen LogP contribution in [0.5, 0.6) is 0 Å². The van der Waals surface area contributed by atoms with Crippen LogP contribution in [0.1, 0.15) is 47.9 Å². The van der Waals surface area contributed by atoms with Crippen molar-refractivity contribution < 1.29 is 31.1 Å². The largest absolute Gasteiger partial charge is 0.416 e. The van der Waals surface area contributed by atoms with Crippen molar-refractivity contribution in [3.8, 4) is 0 Å². The molecule has 2 heterocycles. The lowest BCUT2D eigenvalue weighted by atomic mass is 9.80. The first-order valence-electron chi connectivity index (χ1n) is 12.1. The van der Waals surface area contributed by atoms with Gasteiger partial charge in [-0.2, -0.15) is 31.4 Å². The van der Waals surface area contributed by atoms with Crippen LogP contribution in [0.4, 0.5) is 26.3 Å². The molecule has 0 bridgehead atoms. The maximum atomic E-state index is 13.4. The van der Waals surface area contributed by atoms with Gasteiger partial charge in [-0.25, -0.2) is 0 Å². The molecule has 198 valence electrons. The summed E-state index contributed by atoms with van der Waals surface area (Å²) >= 11 is 0. The summed E-state index contributed by atoms with van der Waals surface area (Å²) in [5.41, 5.74) is -1.74.